The largest absolute Gasteiger partial charge is 0.378 e. The summed E-state index contributed by atoms with van der Waals surface area (Å²) in [7, 11) is 0. The number of ether oxygens (including phenoxy) is 1. The lowest BCUT2D eigenvalue weighted by molar-refractivity contribution is -0.0105. The summed E-state index contributed by atoms with van der Waals surface area (Å²) in [5, 5.41) is 4.47. The molecule has 1 aromatic carbocycles. The van der Waals surface area contributed by atoms with E-state index in [0.717, 1.165) is 18.2 Å². The van der Waals surface area contributed by atoms with Crippen LogP contribution in [0.15, 0.2) is 23.1 Å². The van der Waals surface area contributed by atoms with Gasteiger partial charge in [0.25, 0.3) is 0 Å². The molecule has 1 atom stereocenters. The molecule has 0 aromatic heterocycles. The number of fused-ring (bicyclic) bond motifs is 1. The van der Waals surface area contributed by atoms with E-state index in [4.69, 9.17) is 16.3 Å². The van der Waals surface area contributed by atoms with E-state index in [2.05, 4.69) is 17.4 Å². The van der Waals surface area contributed by atoms with Crippen molar-refractivity contribution in [3.05, 3.63) is 28.8 Å². The van der Waals surface area contributed by atoms with E-state index in [1.165, 1.54) is 22.6 Å². The first-order valence-electron chi connectivity index (χ1n) is 5.59. The van der Waals surface area contributed by atoms with E-state index < -0.39 is 0 Å². The van der Waals surface area contributed by atoms with Crippen molar-refractivity contribution in [2.45, 2.75) is 23.4 Å². The van der Waals surface area contributed by atoms with Gasteiger partial charge in [0.1, 0.15) is 0 Å². The highest BCUT2D eigenvalue weighted by Gasteiger charge is 2.26. The molecular formula is C12H14ClNOS. The van der Waals surface area contributed by atoms with Crippen LogP contribution in [0.1, 0.15) is 18.0 Å². The third kappa shape index (κ3) is 2.09. The Morgan fingerprint density at radius 2 is 2.25 bits per heavy atom. The van der Waals surface area contributed by atoms with Gasteiger partial charge < -0.3 is 10.1 Å². The van der Waals surface area contributed by atoms with Gasteiger partial charge in [-0.1, -0.05) is 11.6 Å². The predicted octanol–water partition coefficient (Wildman–Crippen LogP) is 2.87. The minimum absolute atomic E-state index is 0.448. The molecule has 1 aromatic rings. The molecule has 1 N–H and O–H groups in total. The van der Waals surface area contributed by atoms with Crippen LogP contribution in [0.5, 0.6) is 0 Å². The Labute approximate surface area is 105 Å². The Balaban J connectivity index is 1.83. The van der Waals surface area contributed by atoms with Crippen LogP contribution in [0.25, 0.3) is 0 Å². The maximum atomic E-state index is 6.06. The summed E-state index contributed by atoms with van der Waals surface area (Å²) in [5.74, 6) is 1.18. The van der Waals surface area contributed by atoms with Crippen molar-refractivity contribution in [2.75, 3.05) is 19.0 Å². The van der Waals surface area contributed by atoms with Crippen molar-refractivity contribution < 1.29 is 4.74 Å². The first-order valence-corrected chi connectivity index (χ1v) is 6.95. The predicted molar refractivity (Wildman–Crippen MR) is 67.3 cm³/mol. The second kappa shape index (κ2) is 4.57. The van der Waals surface area contributed by atoms with E-state index in [-0.39, 0.29) is 0 Å². The lowest BCUT2D eigenvalue weighted by Gasteiger charge is -2.34. The quantitative estimate of drug-likeness (QED) is 0.878. The summed E-state index contributed by atoms with van der Waals surface area (Å²) < 4.78 is 5.19. The molecule has 0 spiro atoms. The average molecular weight is 256 g/mol. The van der Waals surface area contributed by atoms with Gasteiger partial charge in [-0.15, -0.1) is 11.8 Å². The van der Waals surface area contributed by atoms with E-state index >= 15 is 0 Å². The standard InChI is InChI=1S/C12H14ClNOS/c13-8-1-2-12-10(5-8)11(3-4-16-12)14-9-6-15-7-9/h1-2,5,9,11,14H,3-4,6-7H2. The summed E-state index contributed by atoms with van der Waals surface area (Å²) in [4.78, 5) is 1.37. The van der Waals surface area contributed by atoms with Crippen molar-refractivity contribution in [3.63, 3.8) is 0 Å². The number of nitrogens with one attached hydrogen (secondary N) is 1. The molecule has 0 bridgehead atoms. The number of benzene rings is 1. The summed E-state index contributed by atoms with van der Waals surface area (Å²) in [6.07, 6.45) is 1.18. The first kappa shape index (κ1) is 10.9. The Kier molecular flexibility index (Phi) is 3.11. The number of rotatable bonds is 2. The zero-order valence-corrected chi connectivity index (χ0v) is 10.5. The Hall–Kier alpha value is -0.220. The van der Waals surface area contributed by atoms with Gasteiger partial charge in [-0.05, 0) is 35.9 Å². The van der Waals surface area contributed by atoms with Gasteiger partial charge in [0, 0.05) is 16.0 Å². The fraction of sp³-hybridized carbons (Fsp3) is 0.500. The third-order valence-electron chi connectivity index (χ3n) is 3.09. The number of thioether (sulfide) groups is 1. The minimum atomic E-state index is 0.448. The molecule has 0 aliphatic carbocycles. The van der Waals surface area contributed by atoms with E-state index in [1.807, 2.05) is 17.8 Å². The highest BCUT2D eigenvalue weighted by molar-refractivity contribution is 7.99. The van der Waals surface area contributed by atoms with Gasteiger partial charge >= 0.3 is 0 Å². The van der Waals surface area contributed by atoms with Crippen LogP contribution in [-0.2, 0) is 4.74 Å². The lowest BCUT2D eigenvalue weighted by Crippen LogP contribution is -2.47. The molecule has 4 heteroatoms. The molecule has 1 fully saturated rings. The second-order valence-electron chi connectivity index (χ2n) is 4.27. The average Bonchev–Trinajstić information content (AvgIpc) is 2.23. The van der Waals surface area contributed by atoms with E-state index in [1.54, 1.807) is 0 Å². The van der Waals surface area contributed by atoms with Gasteiger partial charge in [0.15, 0.2) is 0 Å². The molecule has 0 radical (unpaired) electrons. The van der Waals surface area contributed by atoms with Gasteiger partial charge in [-0.3, -0.25) is 0 Å². The zero-order valence-electron chi connectivity index (χ0n) is 8.91. The number of hydrogen-bond acceptors (Lipinski definition) is 3. The molecule has 0 saturated carbocycles. The molecule has 0 amide bonds. The van der Waals surface area contributed by atoms with Crippen LogP contribution in [0.4, 0.5) is 0 Å². The normalized spacial score (nSPS) is 24.9. The van der Waals surface area contributed by atoms with E-state index in [9.17, 15) is 0 Å². The Morgan fingerprint density at radius 3 is 3.00 bits per heavy atom. The van der Waals surface area contributed by atoms with Crippen LogP contribution in [-0.4, -0.2) is 25.0 Å². The van der Waals surface area contributed by atoms with Gasteiger partial charge in [0.2, 0.25) is 0 Å². The first-order chi connectivity index (χ1) is 7.83. The van der Waals surface area contributed by atoms with Crippen LogP contribution < -0.4 is 5.32 Å². The fourth-order valence-electron chi connectivity index (χ4n) is 2.15. The molecule has 16 heavy (non-hydrogen) atoms. The maximum absolute atomic E-state index is 6.06. The maximum Gasteiger partial charge on any atom is 0.0643 e. The highest BCUT2D eigenvalue weighted by atomic mass is 35.5. The topological polar surface area (TPSA) is 21.3 Å². The molecule has 2 aliphatic heterocycles. The molecule has 86 valence electrons. The number of hydrogen-bond donors (Lipinski definition) is 1. The van der Waals surface area contributed by atoms with Crippen LogP contribution in [0.3, 0.4) is 0 Å². The Morgan fingerprint density at radius 1 is 1.38 bits per heavy atom. The Bertz CT molecular complexity index is 395. The number of halogens is 1. The van der Waals surface area contributed by atoms with Gasteiger partial charge in [-0.2, -0.15) is 0 Å². The molecule has 1 unspecified atom stereocenters. The smallest absolute Gasteiger partial charge is 0.0643 e. The molecule has 2 heterocycles. The van der Waals surface area contributed by atoms with Gasteiger partial charge in [-0.25, -0.2) is 0 Å². The van der Waals surface area contributed by atoms with Crippen molar-refractivity contribution in [3.8, 4) is 0 Å². The van der Waals surface area contributed by atoms with Crippen molar-refractivity contribution in [2.24, 2.45) is 0 Å². The summed E-state index contributed by atoms with van der Waals surface area (Å²) in [6, 6.07) is 7.18. The zero-order chi connectivity index (χ0) is 11.0. The van der Waals surface area contributed by atoms with E-state index in [0.29, 0.717) is 12.1 Å². The van der Waals surface area contributed by atoms with Crippen molar-refractivity contribution in [1.29, 1.82) is 0 Å². The summed E-state index contributed by atoms with van der Waals surface area (Å²) in [5.41, 5.74) is 1.36. The second-order valence-corrected chi connectivity index (χ2v) is 5.85. The van der Waals surface area contributed by atoms with Gasteiger partial charge in [0.05, 0.1) is 19.3 Å². The summed E-state index contributed by atoms with van der Waals surface area (Å²) in [6.45, 7) is 1.69. The van der Waals surface area contributed by atoms with Crippen LogP contribution in [0.2, 0.25) is 5.02 Å². The van der Waals surface area contributed by atoms with Crippen molar-refractivity contribution in [1.82, 2.24) is 5.32 Å². The van der Waals surface area contributed by atoms with Crippen LogP contribution >= 0.6 is 23.4 Å². The molecule has 3 rings (SSSR count). The fourth-order valence-corrected chi connectivity index (χ4v) is 3.44. The molecule has 1 saturated heterocycles. The third-order valence-corrected chi connectivity index (χ3v) is 4.44. The molecular weight excluding hydrogens is 242 g/mol. The minimum Gasteiger partial charge on any atom is -0.378 e. The lowest BCUT2D eigenvalue weighted by atomic mass is 10.0. The van der Waals surface area contributed by atoms with Crippen molar-refractivity contribution >= 4 is 23.4 Å². The highest BCUT2D eigenvalue weighted by Crippen LogP contribution is 2.37. The van der Waals surface area contributed by atoms with Crippen LogP contribution in [0, 0.1) is 0 Å². The summed E-state index contributed by atoms with van der Waals surface area (Å²) >= 11 is 7.99. The molecule has 2 aliphatic rings. The SMILES string of the molecule is Clc1ccc2c(c1)C(NC1COC1)CCS2. The monoisotopic (exact) mass is 255 g/mol. The molecule has 2 nitrogen and oxygen atoms in total.